The van der Waals surface area contributed by atoms with Crippen molar-refractivity contribution >= 4 is 23.3 Å². The summed E-state index contributed by atoms with van der Waals surface area (Å²) in [5.41, 5.74) is 2.34. The third kappa shape index (κ3) is 5.67. The van der Waals surface area contributed by atoms with Crippen molar-refractivity contribution in [2.45, 2.75) is 25.8 Å². The van der Waals surface area contributed by atoms with Crippen LogP contribution < -0.4 is 15.0 Å². The van der Waals surface area contributed by atoms with Crippen LogP contribution in [0.4, 0.5) is 10.5 Å². The number of benzene rings is 2. The lowest BCUT2D eigenvalue weighted by Gasteiger charge is -2.36. The highest BCUT2D eigenvalue weighted by Crippen LogP contribution is 2.27. The van der Waals surface area contributed by atoms with E-state index in [2.05, 4.69) is 33.3 Å². The average Bonchev–Trinajstić information content (AvgIpc) is 3.18. The molecule has 2 aliphatic rings. The number of hydrogen-bond donors (Lipinski definition) is 1. The van der Waals surface area contributed by atoms with Crippen molar-refractivity contribution in [1.29, 1.82) is 0 Å². The number of hydrogen-bond acceptors (Lipinski definition) is 4. The monoisotopic (exact) mass is 456 g/mol. The quantitative estimate of drug-likeness (QED) is 0.568. The first-order valence-electron chi connectivity index (χ1n) is 11.6. The molecule has 2 amide bonds. The summed E-state index contributed by atoms with van der Waals surface area (Å²) in [7, 11) is 0. The van der Waals surface area contributed by atoms with Gasteiger partial charge in [-0.3, -0.25) is 4.90 Å². The number of anilines is 1. The highest BCUT2D eigenvalue weighted by Gasteiger charge is 2.31. The molecule has 4 rings (SSSR count). The minimum atomic E-state index is 0.0258. The number of amides is 2. The van der Waals surface area contributed by atoms with Crippen LogP contribution in [0.5, 0.6) is 5.75 Å². The second-order valence-corrected chi connectivity index (χ2v) is 8.85. The van der Waals surface area contributed by atoms with Gasteiger partial charge in [0.1, 0.15) is 5.75 Å². The Balaban J connectivity index is 1.20. The van der Waals surface area contributed by atoms with Crippen LogP contribution in [-0.2, 0) is 0 Å². The summed E-state index contributed by atoms with van der Waals surface area (Å²) in [6, 6.07) is 16.3. The van der Waals surface area contributed by atoms with E-state index < -0.39 is 0 Å². The van der Waals surface area contributed by atoms with Crippen LogP contribution in [-0.4, -0.2) is 68.3 Å². The summed E-state index contributed by atoms with van der Waals surface area (Å²) < 4.78 is 5.64. The number of unbranched alkanes of at least 4 members (excludes halogenated alkanes) is 1. The van der Waals surface area contributed by atoms with E-state index in [1.165, 1.54) is 5.69 Å². The molecule has 32 heavy (non-hydrogen) atoms. The van der Waals surface area contributed by atoms with E-state index >= 15 is 0 Å². The Labute approximate surface area is 196 Å². The third-order valence-electron chi connectivity index (χ3n) is 6.31. The van der Waals surface area contributed by atoms with Crippen molar-refractivity contribution in [2.24, 2.45) is 0 Å². The van der Waals surface area contributed by atoms with Crippen LogP contribution >= 0.6 is 11.6 Å². The molecule has 0 saturated carbocycles. The topological polar surface area (TPSA) is 48.1 Å². The van der Waals surface area contributed by atoms with Gasteiger partial charge in [-0.2, -0.15) is 0 Å². The van der Waals surface area contributed by atoms with Gasteiger partial charge in [-0.25, -0.2) is 4.79 Å². The summed E-state index contributed by atoms with van der Waals surface area (Å²) in [6.45, 7) is 9.38. The minimum Gasteiger partial charge on any atom is -0.494 e. The van der Waals surface area contributed by atoms with E-state index in [9.17, 15) is 4.79 Å². The lowest BCUT2D eigenvalue weighted by Crippen LogP contribution is -2.46. The van der Waals surface area contributed by atoms with Gasteiger partial charge in [0, 0.05) is 56.0 Å². The van der Waals surface area contributed by atoms with Gasteiger partial charge in [-0.1, -0.05) is 29.8 Å². The number of halogens is 1. The maximum absolute atomic E-state index is 12.3. The predicted octanol–water partition coefficient (Wildman–Crippen LogP) is 4.41. The Morgan fingerprint density at radius 1 is 1.03 bits per heavy atom. The van der Waals surface area contributed by atoms with Gasteiger partial charge in [0.25, 0.3) is 0 Å². The van der Waals surface area contributed by atoms with Gasteiger partial charge in [0.2, 0.25) is 0 Å². The molecule has 1 unspecified atom stereocenters. The summed E-state index contributed by atoms with van der Waals surface area (Å²) >= 11 is 6.15. The molecule has 0 spiro atoms. The second kappa shape index (κ2) is 10.9. The number of nitrogens with one attached hydrogen (secondary N) is 1. The fraction of sp³-hybridized carbons (Fsp3) is 0.480. The molecule has 0 aliphatic carbocycles. The van der Waals surface area contributed by atoms with Gasteiger partial charge in [0.15, 0.2) is 0 Å². The van der Waals surface area contributed by atoms with Gasteiger partial charge < -0.3 is 19.9 Å². The summed E-state index contributed by atoms with van der Waals surface area (Å²) in [6.07, 6.45) is 2.09. The molecule has 7 heteroatoms. The highest BCUT2D eigenvalue weighted by molar-refractivity contribution is 6.30. The first-order chi connectivity index (χ1) is 15.6. The molecule has 2 aromatic carbocycles. The Hall–Kier alpha value is -2.44. The zero-order valence-corrected chi connectivity index (χ0v) is 19.6. The number of carbonyl (C=O) groups excluding carboxylic acids is 1. The summed E-state index contributed by atoms with van der Waals surface area (Å²) in [4.78, 5) is 19.2. The van der Waals surface area contributed by atoms with Crippen LogP contribution in [0.2, 0.25) is 5.02 Å². The zero-order chi connectivity index (χ0) is 22.3. The number of carbonyl (C=O) groups is 1. The molecular formula is C25H33ClN4O2. The summed E-state index contributed by atoms with van der Waals surface area (Å²) in [5, 5.41) is 3.69. The largest absolute Gasteiger partial charge is 0.494 e. The SMILES string of the molecule is CCOc1cccc(N2CCN(CCCCN3C(=O)NCC3c3cccc(Cl)c3)CC2)c1. The molecule has 6 nitrogen and oxygen atoms in total. The van der Waals surface area contributed by atoms with Crippen LogP contribution in [0, 0.1) is 0 Å². The van der Waals surface area contributed by atoms with Crippen molar-refractivity contribution in [2.75, 3.05) is 57.3 Å². The smallest absolute Gasteiger partial charge is 0.318 e. The van der Waals surface area contributed by atoms with Gasteiger partial charge in [-0.05, 0) is 56.1 Å². The lowest BCUT2D eigenvalue weighted by molar-refractivity contribution is 0.199. The molecule has 1 N–H and O–H groups in total. The van der Waals surface area contributed by atoms with Gasteiger partial charge in [-0.15, -0.1) is 0 Å². The molecule has 0 radical (unpaired) electrons. The molecule has 172 valence electrons. The number of ether oxygens (including phenoxy) is 1. The molecule has 1 atom stereocenters. The highest BCUT2D eigenvalue weighted by atomic mass is 35.5. The van der Waals surface area contributed by atoms with Crippen molar-refractivity contribution in [3.63, 3.8) is 0 Å². The van der Waals surface area contributed by atoms with Crippen LogP contribution in [0.15, 0.2) is 48.5 Å². The van der Waals surface area contributed by atoms with E-state index in [4.69, 9.17) is 16.3 Å². The molecule has 2 aliphatic heterocycles. The van der Waals surface area contributed by atoms with Crippen molar-refractivity contribution < 1.29 is 9.53 Å². The van der Waals surface area contributed by atoms with Crippen LogP contribution in [0.25, 0.3) is 0 Å². The first kappa shape index (κ1) is 22.7. The van der Waals surface area contributed by atoms with Crippen molar-refractivity contribution in [3.8, 4) is 5.75 Å². The normalized spacial score (nSPS) is 19.3. The Morgan fingerprint density at radius 3 is 2.59 bits per heavy atom. The average molecular weight is 457 g/mol. The zero-order valence-electron chi connectivity index (χ0n) is 18.8. The molecular weight excluding hydrogens is 424 g/mol. The molecule has 2 heterocycles. The fourth-order valence-corrected chi connectivity index (χ4v) is 4.79. The van der Waals surface area contributed by atoms with E-state index in [-0.39, 0.29) is 12.1 Å². The maximum Gasteiger partial charge on any atom is 0.318 e. The number of piperazine rings is 1. The molecule has 0 aromatic heterocycles. The fourth-order valence-electron chi connectivity index (χ4n) is 4.59. The predicted molar refractivity (Wildman–Crippen MR) is 130 cm³/mol. The molecule has 2 saturated heterocycles. The molecule has 2 aromatic rings. The minimum absolute atomic E-state index is 0.0258. The van der Waals surface area contributed by atoms with E-state index in [0.29, 0.717) is 18.2 Å². The number of nitrogens with zero attached hydrogens (tertiary/aromatic N) is 3. The van der Waals surface area contributed by atoms with E-state index in [1.54, 1.807) is 0 Å². The second-order valence-electron chi connectivity index (χ2n) is 8.42. The maximum atomic E-state index is 12.3. The van der Waals surface area contributed by atoms with Crippen LogP contribution in [0.1, 0.15) is 31.4 Å². The third-order valence-corrected chi connectivity index (χ3v) is 6.54. The van der Waals surface area contributed by atoms with E-state index in [0.717, 1.165) is 63.4 Å². The Morgan fingerprint density at radius 2 is 1.81 bits per heavy atom. The first-order valence-corrected chi connectivity index (χ1v) is 12.0. The van der Waals surface area contributed by atoms with Crippen molar-refractivity contribution in [1.82, 2.24) is 15.1 Å². The van der Waals surface area contributed by atoms with Crippen molar-refractivity contribution in [3.05, 3.63) is 59.1 Å². The Bertz CT molecular complexity index is 901. The van der Waals surface area contributed by atoms with E-state index in [1.807, 2.05) is 42.2 Å². The summed E-state index contributed by atoms with van der Waals surface area (Å²) in [5.74, 6) is 0.939. The van der Waals surface area contributed by atoms with Crippen LogP contribution in [0.3, 0.4) is 0 Å². The molecule has 2 fully saturated rings. The number of urea groups is 1. The van der Waals surface area contributed by atoms with Gasteiger partial charge in [0.05, 0.1) is 12.6 Å². The van der Waals surface area contributed by atoms with Gasteiger partial charge >= 0.3 is 6.03 Å². The standard InChI is InChI=1S/C25H33ClN4O2/c1-2-32-23-10-6-9-22(18-23)29-15-13-28(14-16-29)11-3-4-12-30-24(19-27-25(30)31)20-7-5-8-21(26)17-20/h5-10,17-18,24H,2-4,11-16,19H2,1H3,(H,27,31). The number of rotatable bonds is 9. The molecule has 0 bridgehead atoms. The lowest BCUT2D eigenvalue weighted by atomic mass is 10.1. The Kier molecular flexibility index (Phi) is 7.76.